The standard InChI is InChI=1S/C12H18N2O4/c1-3-5-9(17-4-2)10-13-11(18-14-10)7-6-8(7)12(15)16/h7-9H,3-6H2,1-2H3,(H,15,16). The quantitative estimate of drug-likeness (QED) is 0.802. The van der Waals surface area contributed by atoms with E-state index in [1.165, 1.54) is 0 Å². The Morgan fingerprint density at radius 2 is 2.39 bits per heavy atom. The van der Waals surface area contributed by atoms with E-state index in [1.54, 1.807) is 0 Å². The van der Waals surface area contributed by atoms with Gasteiger partial charge in [-0.15, -0.1) is 0 Å². The van der Waals surface area contributed by atoms with Gasteiger partial charge >= 0.3 is 5.97 Å². The zero-order valence-corrected chi connectivity index (χ0v) is 10.6. The molecule has 0 amide bonds. The lowest BCUT2D eigenvalue weighted by atomic mass is 10.2. The minimum atomic E-state index is -0.797. The summed E-state index contributed by atoms with van der Waals surface area (Å²) in [6.45, 7) is 4.58. The molecule has 1 heterocycles. The molecule has 0 aliphatic heterocycles. The Balaban J connectivity index is 2.03. The van der Waals surface area contributed by atoms with Gasteiger partial charge in [-0.1, -0.05) is 18.5 Å². The molecule has 3 atom stereocenters. The van der Waals surface area contributed by atoms with Crippen molar-refractivity contribution in [3.8, 4) is 0 Å². The molecule has 6 heteroatoms. The van der Waals surface area contributed by atoms with E-state index in [2.05, 4.69) is 17.1 Å². The van der Waals surface area contributed by atoms with Gasteiger partial charge in [0.1, 0.15) is 6.10 Å². The molecule has 0 spiro atoms. The van der Waals surface area contributed by atoms with Crippen LogP contribution in [0.3, 0.4) is 0 Å². The van der Waals surface area contributed by atoms with Crippen LogP contribution in [0.5, 0.6) is 0 Å². The molecular weight excluding hydrogens is 236 g/mol. The second-order valence-electron chi connectivity index (χ2n) is 4.51. The highest BCUT2D eigenvalue weighted by molar-refractivity contribution is 5.74. The van der Waals surface area contributed by atoms with Gasteiger partial charge < -0.3 is 14.4 Å². The second kappa shape index (κ2) is 5.48. The van der Waals surface area contributed by atoms with E-state index in [-0.39, 0.29) is 17.9 Å². The molecule has 1 aliphatic rings. The predicted molar refractivity (Wildman–Crippen MR) is 62.1 cm³/mol. The molecule has 0 aromatic carbocycles. The normalized spacial score (nSPS) is 23.9. The average Bonchev–Trinajstić information content (AvgIpc) is 3.00. The van der Waals surface area contributed by atoms with Crippen molar-refractivity contribution >= 4 is 5.97 Å². The van der Waals surface area contributed by atoms with Crippen LogP contribution in [-0.2, 0) is 9.53 Å². The van der Waals surface area contributed by atoms with E-state index in [0.717, 1.165) is 12.8 Å². The van der Waals surface area contributed by atoms with E-state index in [9.17, 15) is 4.79 Å². The molecule has 0 radical (unpaired) electrons. The van der Waals surface area contributed by atoms with Crippen LogP contribution in [0.15, 0.2) is 4.52 Å². The SMILES string of the molecule is CCCC(OCC)c1noc(C2CC2C(=O)O)n1. The van der Waals surface area contributed by atoms with Gasteiger partial charge in [-0.25, -0.2) is 0 Å². The molecule has 6 nitrogen and oxygen atoms in total. The lowest BCUT2D eigenvalue weighted by Crippen LogP contribution is -2.06. The molecule has 1 N–H and O–H groups in total. The van der Waals surface area contributed by atoms with Crippen molar-refractivity contribution in [1.82, 2.24) is 10.1 Å². The number of hydrogen-bond acceptors (Lipinski definition) is 5. The smallest absolute Gasteiger partial charge is 0.307 e. The summed E-state index contributed by atoms with van der Waals surface area (Å²) < 4.78 is 10.7. The maximum absolute atomic E-state index is 10.8. The topological polar surface area (TPSA) is 85.5 Å². The van der Waals surface area contributed by atoms with Crippen LogP contribution in [-0.4, -0.2) is 27.8 Å². The predicted octanol–water partition coefficient (Wildman–Crippen LogP) is 2.14. The number of aliphatic carboxylic acids is 1. The summed E-state index contributed by atoms with van der Waals surface area (Å²) in [5.74, 6) is -0.319. The summed E-state index contributed by atoms with van der Waals surface area (Å²) in [5.41, 5.74) is 0. The third-order valence-corrected chi connectivity index (χ3v) is 3.09. The third-order valence-electron chi connectivity index (χ3n) is 3.09. The first-order valence-corrected chi connectivity index (χ1v) is 6.35. The summed E-state index contributed by atoms with van der Waals surface area (Å²) in [6, 6.07) is 0. The lowest BCUT2D eigenvalue weighted by Gasteiger charge is -2.11. The van der Waals surface area contributed by atoms with Crippen molar-refractivity contribution in [3.63, 3.8) is 0 Å². The highest BCUT2D eigenvalue weighted by atomic mass is 16.5. The maximum Gasteiger partial charge on any atom is 0.307 e. The van der Waals surface area contributed by atoms with Crippen LogP contribution < -0.4 is 0 Å². The van der Waals surface area contributed by atoms with Gasteiger partial charge in [0.15, 0.2) is 0 Å². The molecule has 1 aromatic heterocycles. The van der Waals surface area contributed by atoms with Gasteiger partial charge in [0.05, 0.1) is 11.8 Å². The highest BCUT2D eigenvalue weighted by Gasteiger charge is 2.48. The zero-order valence-electron chi connectivity index (χ0n) is 10.6. The third kappa shape index (κ3) is 2.69. The molecule has 18 heavy (non-hydrogen) atoms. The summed E-state index contributed by atoms with van der Waals surface area (Å²) in [4.78, 5) is 15.1. The van der Waals surface area contributed by atoms with Gasteiger partial charge in [0.2, 0.25) is 11.7 Å². The van der Waals surface area contributed by atoms with E-state index in [4.69, 9.17) is 14.4 Å². The minimum Gasteiger partial charge on any atom is -0.481 e. The Bertz CT molecular complexity index is 412. The van der Waals surface area contributed by atoms with Crippen molar-refractivity contribution in [2.75, 3.05) is 6.61 Å². The van der Waals surface area contributed by atoms with Gasteiger partial charge in [0, 0.05) is 6.61 Å². The largest absolute Gasteiger partial charge is 0.481 e. The molecule has 1 saturated carbocycles. The van der Waals surface area contributed by atoms with Gasteiger partial charge in [-0.05, 0) is 19.8 Å². The molecule has 2 rings (SSSR count). The Morgan fingerprint density at radius 3 is 2.94 bits per heavy atom. The van der Waals surface area contributed by atoms with Gasteiger partial charge in [-0.2, -0.15) is 4.98 Å². The summed E-state index contributed by atoms with van der Waals surface area (Å²) in [5, 5.41) is 12.8. The van der Waals surface area contributed by atoms with Crippen LogP contribution in [0.25, 0.3) is 0 Å². The van der Waals surface area contributed by atoms with E-state index >= 15 is 0 Å². The Labute approximate surface area is 105 Å². The molecule has 0 saturated heterocycles. The molecule has 1 fully saturated rings. The summed E-state index contributed by atoms with van der Waals surface area (Å²) in [6.07, 6.45) is 2.24. The molecule has 100 valence electrons. The number of aromatic nitrogens is 2. The van der Waals surface area contributed by atoms with Gasteiger partial charge in [0.25, 0.3) is 0 Å². The average molecular weight is 254 g/mol. The van der Waals surface area contributed by atoms with Crippen molar-refractivity contribution in [2.45, 2.75) is 45.1 Å². The first-order chi connectivity index (χ1) is 8.67. The van der Waals surface area contributed by atoms with Gasteiger partial charge in [-0.3, -0.25) is 4.79 Å². The first-order valence-electron chi connectivity index (χ1n) is 6.35. The van der Waals surface area contributed by atoms with E-state index in [1.807, 2.05) is 6.92 Å². The number of ether oxygens (including phenoxy) is 1. The Morgan fingerprint density at radius 1 is 1.61 bits per heavy atom. The number of nitrogens with zero attached hydrogens (tertiary/aromatic N) is 2. The fourth-order valence-electron chi connectivity index (χ4n) is 2.02. The lowest BCUT2D eigenvalue weighted by molar-refractivity contribution is -0.138. The monoisotopic (exact) mass is 254 g/mol. The Hall–Kier alpha value is -1.43. The van der Waals surface area contributed by atoms with E-state index < -0.39 is 5.97 Å². The number of carboxylic acid groups (broad SMARTS) is 1. The zero-order chi connectivity index (χ0) is 13.1. The number of rotatable bonds is 7. The van der Waals surface area contributed by atoms with Crippen molar-refractivity contribution in [2.24, 2.45) is 5.92 Å². The molecular formula is C12H18N2O4. The number of carbonyl (C=O) groups is 1. The number of carboxylic acids is 1. The van der Waals surface area contributed by atoms with Crippen LogP contribution in [0.1, 0.15) is 56.8 Å². The first kappa shape index (κ1) is 13.0. The van der Waals surface area contributed by atoms with Crippen LogP contribution in [0, 0.1) is 5.92 Å². The summed E-state index contributed by atoms with van der Waals surface area (Å²) in [7, 11) is 0. The van der Waals surface area contributed by atoms with Crippen molar-refractivity contribution in [3.05, 3.63) is 11.7 Å². The highest BCUT2D eigenvalue weighted by Crippen LogP contribution is 2.47. The van der Waals surface area contributed by atoms with Crippen LogP contribution >= 0.6 is 0 Å². The van der Waals surface area contributed by atoms with Crippen molar-refractivity contribution in [1.29, 1.82) is 0 Å². The molecule has 1 aromatic rings. The van der Waals surface area contributed by atoms with Crippen LogP contribution in [0.2, 0.25) is 0 Å². The fraction of sp³-hybridized carbons (Fsp3) is 0.750. The second-order valence-corrected chi connectivity index (χ2v) is 4.51. The fourth-order valence-corrected chi connectivity index (χ4v) is 2.02. The molecule has 1 aliphatic carbocycles. The maximum atomic E-state index is 10.8. The van der Waals surface area contributed by atoms with E-state index in [0.29, 0.717) is 24.7 Å². The Kier molecular flexibility index (Phi) is 3.96. The molecule has 3 unspecified atom stereocenters. The summed E-state index contributed by atoms with van der Waals surface area (Å²) >= 11 is 0. The van der Waals surface area contributed by atoms with Crippen LogP contribution in [0.4, 0.5) is 0 Å². The van der Waals surface area contributed by atoms with Crippen molar-refractivity contribution < 1.29 is 19.2 Å². The number of hydrogen-bond donors (Lipinski definition) is 1. The molecule has 0 bridgehead atoms. The minimum absolute atomic E-state index is 0.118.